The monoisotopic (exact) mass is 421 g/mol. The SMILES string of the molecule is CN=C(NCc1ccc(N2CCCC2=O)cc1)NCC(C)(C)NC(C)c1ccccc1. The van der Waals surface area contributed by atoms with Gasteiger partial charge in [0.15, 0.2) is 5.96 Å². The Hall–Kier alpha value is -2.86. The van der Waals surface area contributed by atoms with Crippen LogP contribution < -0.4 is 20.9 Å². The summed E-state index contributed by atoms with van der Waals surface area (Å²) in [7, 11) is 1.78. The highest BCUT2D eigenvalue weighted by Crippen LogP contribution is 2.21. The van der Waals surface area contributed by atoms with Crippen molar-refractivity contribution in [1.29, 1.82) is 0 Å². The quantitative estimate of drug-likeness (QED) is 0.450. The number of carbonyl (C=O) groups is 1. The zero-order chi connectivity index (χ0) is 22.3. The highest BCUT2D eigenvalue weighted by Gasteiger charge is 2.22. The van der Waals surface area contributed by atoms with Gasteiger partial charge in [0.05, 0.1) is 0 Å². The van der Waals surface area contributed by atoms with E-state index in [9.17, 15) is 4.79 Å². The van der Waals surface area contributed by atoms with Crippen LogP contribution in [0.1, 0.15) is 50.8 Å². The normalized spacial score (nSPS) is 15.8. The van der Waals surface area contributed by atoms with Crippen molar-refractivity contribution in [2.75, 3.05) is 25.0 Å². The lowest BCUT2D eigenvalue weighted by Crippen LogP contribution is -2.52. The Kier molecular flexibility index (Phi) is 7.69. The molecule has 1 atom stereocenters. The van der Waals surface area contributed by atoms with Gasteiger partial charge in [-0.1, -0.05) is 42.5 Å². The summed E-state index contributed by atoms with van der Waals surface area (Å²) in [6.45, 7) is 8.78. The van der Waals surface area contributed by atoms with E-state index in [4.69, 9.17) is 0 Å². The third-order valence-electron chi connectivity index (χ3n) is 5.61. The summed E-state index contributed by atoms with van der Waals surface area (Å²) >= 11 is 0. The minimum atomic E-state index is -0.114. The van der Waals surface area contributed by atoms with Gasteiger partial charge in [-0.15, -0.1) is 0 Å². The first kappa shape index (κ1) is 22.8. The molecule has 0 bridgehead atoms. The van der Waals surface area contributed by atoms with Gasteiger partial charge in [-0.05, 0) is 50.5 Å². The van der Waals surface area contributed by atoms with Gasteiger partial charge in [0, 0.05) is 50.4 Å². The number of hydrogen-bond donors (Lipinski definition) is 3. The molecule has 1 unspecified atom stereocenters. The molecule has 1 heterocycles. The third kappa shape index (κ3) is 6.56. The molecule has 1 aliphatic heterocycles. The van der Waals surface area contributed by atoms with Crippen LogP contribution in [0.5, 0.6) is 0 Å². The van der Waals surface area contributed by atoms with Crippen molar-refractivity contribution in [3.05, 3.63) is 65.7 Å². The topological polar surface area (TPSA) is 68.8 Å². The molecule has 6 nitrogen and oxygen atoms in total. The number of benzene rings is 2. The number of anilines is 1. The number of nitrogens with one attached hydrogen (secondary N) is 3. The molecular weight excluding hydrogens is 386 g/mol. The summed E-state index contributed by atoms with van der Waals surface area (Å²) < 4.78 is 0. The largest absolute Gasteiger partial charge is 0.355 e. The van der Waals surface area contributed by atoms with Gasteiger partial charge in [0.25, 0.3) is 0 Å². The van der Waals surface area contributed by atoms with Crippen LogP contribution >= 0.6 is 0 Å². The van der Waals surface area contributed by atoms with Crippen LogP contribution in [0.3, 0.4) is 0 Å². The Bertz CT molecular complexity index is 877. The molecule has 2 aromatic carbocycles. The number of guanidine groups is 1. The third-order valence-corrected chi connectivity index (χ3v) is 5.61. The Balaban J connectivity index is 1.47. The second-order valence-corrected chi connectivity index (χ2v) is 8.76. The molecular formula is C25H35N5O. The first-order valence-electron chi connectivity index (χ1n) is 11.0. The Morgan fingerprint density at radius 1 is 1.10 bits per heavy atom. The summed E-state index contributed by atoms with van der Waals surface area (Å²) in [5.41, 5.74) is 3.29. The van der Waals surface area contributed by atoms with Crippen molar-refractivity contribution in [2.45, 2.75) is 51.7 Å². The second-order valence-electron chi connectivity index (χ2n) is 8.76. The Morgan fingerprint density at radius 3 is 2.42 bits per heavy atom. The molecule has 1 saturated heterocycles. The average Bonchev–Trinajstić information content (AvgIpc) is 3.20. The van der Waals surface area contributed by atoms with Gasteiger partial charge < -0.3 is 20.9 Å². The molecule has 1 aliphatic rings. The Labute approximate surface area is 186 Å². The van der Waals surface area contributed by atoms with Crippen molar-refractivity contribution < 1.29 is 4.79 Å². The maximum atomic E-state index is 11.9. The first-order valence-corrected chi connectivity index (χ1v) is 11.0. The van der Waals surface area contributed by atoms with E-state index in [0.717, 1.165) is 36.7 Å². The molecule has 0 spiro atoms. The van der Waals surface area contributed by atoms with Crippen molar-refractivity contribution in [2.24, 2.45) is 4.99 Å². The number of nitrogens with zero attached hydrogens (tertiary/aromatic N) is 2. The molecule has 0 aliphatic carbocycles. The van der Waals surface area contributed by atoms with Gasteiger partial charge in [0.1, 0.15) is 0 Å². The smallest absolute Gasteiger partial charge is 0.227 e. The van der Waals surface area contributed by atoms with Crippen LogP contribution in [0.4, 0.5) is 5.69 Å². The van der Waals surface area contributed by atoms with E-state index >= 15 is 0 Å². The lowest BCUT2D eigenvalue weighted by Gasteiger charge is -2.31. The predicted molar refractivity (Wildman–Crippen MR) is 128 cm³/mol. The Morgan fingerprint density at radius 2 is 1.81 bits per heavy atom. The number of amides is 1. The lowest BCUT2D eigenvalue weighted by atomic mass is 10.0. The van der Waals surface area contributed by atoms with Crippen molar-refractivity contribution in [3.63, 3.8) is 0 Å². The molecule has 3 N–H and O–H groups in total. The first-order chi connectivity index (χ1) is 14.9. The summed E-state index contributed by atoms with van der Waals surface area (Å²) in [5, 5.41) is 10.5. The standard InChI is InChI=1S/C25H35N5O/c1-19(21-9-6-5-7-10-21)29-25(2,3)18-28-24(26-4)27-17-20-12-14-22(15-13-20)30-16-8-11-23(30)31/h5-7,9-10,12-15,19,29H,8,11,16-18H2,1-4H3,(H2,26,27,28). The molecule has 31 heavy (non-hydrogen) atoms. The maximum absolute atomic E-state index is 11.9. The van der Waals surface area contributed by atoms with Crippen LogP contribution in [-0.2, 0) is 11.3 Å². The minimum Gasteiger partial charge on any atom is -0.355 e. The van der Waals surface area contributed by atoms with Crippen LogP contribution in [0.25, 0.3) is 0 Å². The highest BCUT2D eigenvalue weighted by molar-refractivity contribution is 5.95. The van der Waals surface area contributed by atoms with E-state index in [1.165, 1.54) is 5.56 Å². The van der Waals surface area contributed by atoms with Crippen LogP contribution in [0, 0.1) is 0 Å². The van der Waals surface area contributed by atoms with E-state index in [1.54, 1.807) is 7.05 Å². The predicted octanol–water partition coefficient (Wildman–Crippen LogP) is 3.61. The van der Waals surface area contributed by atoms with Crippen LogP contribution in [0.2, 0.25) is 0 Å². The summed E-state index contributed by atoms with van der Waals surface area (Å²) in [6.07, 6.45) is 1.60. The molecule has 0 radical (unpaired) electrons. The van der Waals surface area contributed by atoms with Crippen LogP contribution in [-0.4, -0.2) is 37.5 Å². The van der Waals surface area contributed by atoms with Crippen LogP contribution in [0.15, 0.2) is 59.6 Å². The lowest BCUT2D eigenvalue weighted by molar-refractivity contribution is -0.117. The maximum Gasteiger partial charge on any atom is 0.227 e. The van der Waals surface area contributed by atoms with Gasteiger partial charge in [-0.2, -0.15) is 0 Å². The van der Waals surface area contributed by atoms with Crippen molar-refractivity contribution in [3.8, 4) is 0 Å². The van der Waals surface area contributed by atoms with Gasteiger partial charge in [0.2, 0.25) is 5.91 Å². The molecule has 1 amide bonds. The molecule has 2 aromatic rings. The van der Waals surface area contributed by atoms with E-state index in [2.05, 4.69) is 78.1 Å². The summed E-state index contributed by atoms with van der Waals surface area (Å²) in [5.74, 6) is 0.981. The molecule has 0 saturated carbocycles. The fourth-order valence-corrected chi connectivity index (χ4v) is 3.89. The minimum absolute atomic E-state index is 0.114. The summed E-state index contributed by atoms with van der Waals surface area (Å²) in [6, 6.07) is 18.9. The number of rotatable bonds is 8. The van der Waals surface area contributed by atoms with E-state index < -0.39 is 0 Å². The fraction of sp³-hybridized carbons (Fsp3) is 0.440. The van der Waals surface area contributed by atoms with Gasteiger partial charge >= 0.3 is 0 Å². The highest BCUT2D eigenvalue weighted by atomic mass is 16.2. The number of hydrogen-bond acceptors (Lipinski definition) is 3. The summed E-state index contributed by atoms with van der Waals surface area (Å²) in [4.78, 5) is 18.1. The number of carbonyl (C=O) groups excluding carboxylic acids is 1. The second kappa shape index (κ2) is 10.4. The molecule has 6 heteroatoms. The van der Waals surface area contributed by atoms with E-state index in [0.29, 0.717) is 13.0 Å². The van der Waals surface area contributed by atoms with Crippen molar-refractivity contribution in [1.82, 2.24) is 16.0 Å². The van der Waals surface area contributed by atoms with Gasteiger partial charge in [-0.3, -0.25) is 9.79 Å². The number of aliphatic imine (C=N–C) groups is 1. The molecule has 1 fully saturated rings. The van der Waals surface area contributed by atoms with E-state index in [1.807, 2.05) is 23.1 Å². The van der Waals surface area contributed by atoms with Crippen molar-refractivity contribution >= 4 is 17.6 Å². The van der Waals surface area contributed by atoms with Gasteiger partial charge in [-0.25, -0.2) is 0 Å². The fourth-order valence-electron chi connectivity index (χ4n) is 3.89. The molecule has 0 aromatic heterocycles. The zero-order valence-electron chi connectivity index (χ0n) is 19.1. The molecule has 3 rings (SSSR count). The average molecular weight is 422 g/mol. The van der Waals surface area contributed by atoms with E-state index in [-0.39, 0.29) is 17.5 Å². The molecule has 166 valence electrons. The zero-order valence-corrected chi connectivity index (χ0v) is 19.1.